The van der Waals surface area contributed by atoms with Crippen molar-refractivity contribution in [1.82, 2.24) is 4.98 Å². The molecule has 44 heavy (non-hydrogen) atoms. The highest BCUT2D eigenvalue weighted by molar-refractivity contribution is 7.25. The van der Waals surface area contributed by atoms with Crippen LogP contribution < -0.4 is 4.90 Å². The van der Waals surface area contributed by atoms with Crippen LogP contribution in [0.25, 0.3) is 63.6 Å². The largest absolute Gasteiger partial charge is 0.294 e. The fourth-order valence-corrected chi connectivity index (χ4v) is 7.70. The number of nitrogens with zero attached hydrogens (tertiary/aromatic N) is 2. The minimum Gasteiger partial charge on any atom is -0.294 e. The Morgan fingerprint density at radius 3 is 1.93 bits per heavy atom. The molecule has 0 atom stereocenters. The molecule has 2 nitrogen and oxygen atoms in total. The summed E-state index contributed by atoms with van der Waals surface area (Å²) >= 11 is 1.82. The van der Waals surface area contributed by atoms with Crippen molar-refractivity contribution in [3.8, 4) is 11.1 Å². The maximum absolute atomic E-state index is 5.14. The van der Waals surface area contributed by atoms with Gasteiger partial charge in [0.1, 0.15) is 5.82 Å². The molecule has 2 heterocycles. The zero-order valence-electron chi connectivity index (χ0n) is 23.8. The Labute approximate surface area is 259 Å². The number of benzene rings is 7. The van der Waals surface area contributed by atoms with Crippen molar-refractivity contribution in [2.75, 3.05) is 4.90 Å². The summed E-state index contributed by atoms with van der Waals surface area (Å²) in [5.74, 6) is 0.904. The van der Waals surface area contributed by atoms with Crippen LogP contribution >= 0.6 is 11.3 Å². The summed E-state index contributed by atoms with van der Waals surface area (Å²) in [7, 11) is 0. The van der Waals surface area contributed by atoms with Gasteiger partial charge in [-0.2, -0.15) is 0 Å². The van der Waals surface area contributed by atoms with E-state index >= 15 is 0 Å². The normalized spacial score (nSPS) is 11.6. The van der Waals surface area contributed by atoms with E-state index in [4.69, 9.17) is 4.98 Å². The number of hydrogen-bond donors (Lipinski definition) is 0. The van der Waals surface area contributed by atoms with E-state index in [0.29, 0.717) is 0 Å². The van der Waals surface area contributed by atoms with Crippen molar-refractivity contribution < 1.29 is 0 Å². The number of hydrogen-bond acceptors (Lipinski definition) is 3. The van der Waals surface area contributed by atoms with Crippen LogP contribution in [-0.2, 0) is 0 Å². The van der Waals surface area contributed by atoms with Crippen LogP contribution in [0, 0.1) is 0 Å². The predicted octanol–water partition coefficient (Wildman–Crippen LogP) is 12.0. The second-order valence-corrected chi connectivity index (χ2v) is 12.3. The average Bonchev–Trinajstić information content (AvgIpc) is 3.47. The minimum atomic E-state index is 0.904. The third-order valence-electron chi connectivity index (χ3n) is 8.70. The molecule has 0 fully saturated rings. The molecule has 7 aromatic carbocycles. The first-order chi connectivity index (χ1) is 21.8. The van der Waals surface area contributed by atoms with E-state index in [1.807, 2.05) is 17.5 Å². The third kappa shape index (κ3) is 3.98. The summed E-state index contributed by atoms with van der Waals surface area (Å²) in [6, 6.07) is 54.6. The standard InChI is InChI=1S/C41H26N2S/c1-2-10-27(11-3-1)28-18-21-30(22-19-28)43(41-25-40-37(26-42-41)35-16-8-9-17-39(35)44-40)38-24-36-31-13-5-4-12-29(31)20-23-33(36)32-14-6-7-15-34(32)38/h1-26H. The molecule has 0 aliphatic heterocycles. The van der Waals surface area contributed by atoms with E-state index in [0.717, 1.165) is 17.2 Å². The number of rotatable bonds is 4. The lowest BCUT2D eigenvalue weighted by atomic mass is 9.95. The van der Waals surface area contributed by atoms with Gasteiger partial charge in [-0.1, -0.05) is 121 Å². The Balaban J connectivity index is 1.33. The van der Waals surface area contributed by atoms with Crippen LogP contribution in [0.15, 0.2) is 158 Å². The average molecular weight is 579 g/mol. The van der Waals surface area contributed by atoms with Crippen LogP contribution in [-0.4, -0.2) is 4.98 Å². The van der Waals surface area contributed by atoms with E-state index in [1.165, 1.54) is 63.6 Å². The monoisotopic (exact) mass is 578 g/mol. The number of aromatic nitrogens is 1. The van der Waals surface area contributed by atoms with Crippen molar-refractivity contribution in [3.63, 3.8) is 0 Å². The highest BCUT2D eigenvalue weighted by atomic mass is 32.1. The number of anilines is 3. The molecule has 0 spiro atoms. The molecule has 0 N–H and O–H groups in total. The maximum atomic E-state index is 5.14. The minimum absolute atomic E-state index is 0.904. The molecule has 0 radical (unpaired) electrons. The number of thiophene rings is 1. The lowest BCUT2D eigenvalue weighted by Gasteiger charge is -2.27. The molecule has 9 aromatic rings. The lowest BCUT2D eigenvalue weighted by Crippen LogP contribution is -2.12. The molecular weight excluding hydrogens is 553 g/mol. The van der Waals surface area contributed by atoms with Crippen LogP contribution in [0.2, 0.25) is 0 Å². The lowest BCUT2D eigenvalue weighted by molar-refractivity contribution is 1.20. The summed E-state index contributed by atoms with van der Waals surface area (Å²) in [6.45, 7) is 0. The summed E-state index contributed by atoms with van der Waals surface area (Å²) in [4.78, 5) is 7.48. The first-order valence-electron chi connectivity index (χ1n) is 14.9. The molecule has 3 heteroatoms. The van der Waals surface area contributed by atoms with Gasteiger partial charge in [0.25, 0.3) is 0 Å². The van der Waals surface area contributed by atoms with E-state index < -0.39 is 0 Å². The molecule has 0 aliphatic rings. The fraction of sp³-hybridized carbons (Fsp3) is 0. The van der Waals surface area contributed by atoms with E-state index in [1.54, 1.807) is 0 Å². The first kappa shape index (κ1) is 25.0. The van der Waals surface area contributed by atoms with Crippen LogP contribution in [0.1, 0.15) is 0 Å². The Bertz CT molecular complexity index is 2490. The molecule has 2 aromatic heterocycles. The maximum Gasteiger partial charge on any atom is 0.138 e. The second-order valence-electron chi connectivity index (χ2n) is 11.2. The zero-order chi connectivity index (χ0) is 29.0. The third-order valence-corrected chi connectivity index (χ3v) is 9.83. The smallest absolute Gasteiger partial charge is 0.138 e. The second kappa shape index (κ2) is 10.0. The van der Waals surface area contributed by atoms with Gasteiger partial charge in [-0.25, -0.2) is 4.98 Å². The zero-order valence-corrected chi connectivity index (χ0v) is 24.6. The van der Waals surface area contributed by atoms with Gasteiger partial charge in [0.05, 0.1) is 5.69 Å². The van der Waals surface area contributed by atoms with E-state index in [9.17, 15) is 0 Å². The van der Waals surface area contributed by atoms with Gasteiger partial charge in [0.2, 0.25) is 0 Å². The van der Waals surface area contributed by atoms with Crippen molar-refractivity contribution in [3.05, 3.63) is 158 Å². The summed E-state index contributed by atoms with van der Waals surface area (Å²) in [5, 5.41) is 9.88. The van der Waals surface area contributed by atoms with E-state index in [2.05, 4.69) is 157 Å². The molecule has 206 valence electrons. The molecule has 0 saturated carbocycles. The van der Waals surface area contributed by atoms with Crippen molar-refractivity contribution >= 4 is 81.0 Å². The molecular formula is C41H26N2S. The van der Waals surface area contributed by atoms with E-state index in [-0.39, 0.29) is 0 Å². The quantitative estimate of drug-likeness (QED) is 0.193. The van der Waals surface area contributed by atoms with Crippen molar-refractivity contribution in [2.24, 2.45) is 0 Å². The summed E-state index contributed by atoms with van der Waals surface area (Å²) < 4.78 is 2.51. The van der Waals surface area contributed by atoms with Crippen LogP contribution in [0.3, 0.4) is 0 Å². The molecule has 0 bridgehead atoms. The Morgan fingerprint density at radius 1 is 0.432 bits per heavy atom. The summed E-state index contributed by atoms with van der Waals surface area (Å²) in [5.41, 5.74) is 4.59. The van der Waals surface area contributed by atoms with Gasteiger partial charge in [0.15, 0.2) is 0 Å². The predicted molar refractivity (Wildman–Crippen MR) is 190 cm³/mol. The highest BCUT2D eigenvalue weighted by Crippen LogP contribution is 2.44. The topological polar surface area (TPSA) is 16.1 Å². The van der Waals surface area contributed by atoms with Gasteiger partial charge in [-0.3, -0.25) is 4.90 Å². The van der Waals surface area contributed by atoms with Gasteiger partial charge >= 0.3 is 0 Å². The summed E-state index contributed by atoms with van der Waals surface area (Å²) in [6.07, 6.45) is 2.05. The molecule has 0 amide bonds. The molecule has 0 aliphatic carbocycles. The van der Waals surface area contributed by atoms with Gasteiger partial charge in [0, 0.05) is 37.4 Å². The number of fused-ring (bicyclic) bond motifs is 8. The van der Waals surface area contributed by atoms with Gasteiger partial charge in [-0.05, 0) is 68.4 Å². The van der Waals surface area contributed by atoms with Crippen LogP contribution in [0.4, 0.5) is 17.2 Å². The number of pyridine rings is 1. The highest BCUT2D eigenvalue weighted by Gasteiger charge is 2.20. The van der Waals surface area contributed by atoms with Gasteiger partial charge < -0.3 is 0 Å². The van der Waals surface area contributed by atoms with Crippen molar-refractivity contribution in [1.29, 1.82) is 0 Å². The SMILES string of the molecule is c1ccc(-c2ccc(N(c3cc4sc5ccccc5c4cn3)c3cc4c5ccccc5ccc4c4ccccc34)cc2)cc1. The molecule has 9 rings (SSSR count). The molecule has 0 unspecified atom stereocenters. The fourth-order valence-electron chi connectivity index (χ4n) is 6.59. The van der Waals surface area contributed by atoms with Gasteiger partial charge in [-0.15, -0.1) is 11.3 Å². The Hall–Kier alpha value is -5.51. The first-order valence-corrected chi connectivity index (χ1v) is 15.7. The van der Waals surface area contributed by atoms with Crippen LogP contribution in [0.5, 0.6) is 0 Å². The molecule has 0 saturated heterocycles. The Morgan fingerprint density at radius 2 is 1.09 bits per heavy atom. The Kier molecular flexibility index (Phi) is 5.71. The van der Waals surface area contributed by atoms with Crippen molar-refractivity contribution in [2.45, 2.75) is 0 Å².